The average Bonchev–Trinajstić information content (AvgIpc) is 3.09. The van der Waals surface area contributed by atoms with Crippen molar-refractivity contribution in [3.63, 3.8) is 0 Å². The molecule has 4 rings (SSSR count). The van der Waals surface area contributed by atoms with Crippen molar-refractivity contribution >= 4 is 16.9 Å². The predicted molar refractivity (Wildman–Crippen MR) is 86.4 cm³/mol. The molecule has 0 N–H and O–H groups in total. The van der Waals surface area contributed by atoms with Crippen LogP contribution in [0.3, 0.4) is 0 Å². The fourth-order valence-corrected chi connectivity index (χ4v) is 4.38. The second-order valence-corrected chi connectivity index (χ2v) is 7.02. The van der Waals surface area contributed by atoms with Gasteiger partial charge in [-0.25, -0.2) is 4.79 Å². The lowest BCUT2D eigenvalue weighted by atomic mass is 9.86. The van der Waals surface area contributed by atoms with Crippen molar-refractivity contribution < 1.29 is 13.9 Å². The minimum atomic E-state index is -0.388. The maximum absolute atomic E-state index is 12.2. The molecule has 0 amide bonds. The van der Waals surface area contributed by atoms with Gasteiger partial charge in [-0.1, -0.05) is 6.42 Å². The Balaban J connectivity index is 1.49. The zero-order valence-corrected chi connectivity index (χ0v) is 13.2. The van der Waals surface area contributed by atoms with Crippen LogP contribution in [0.2, 0.25) is 0 Å². The van der Waals surface area contributed by atoms with Gasteiger partial charge in [0.25, 0.3) is 0 Å². The van der Waals surface area contributed by atoms with Crippen molar-refractivity contribution in [3.05, 3.63) is 40.2 Å². The zero-order chi connectivity index (χ0) is 16.0. The molecule has 0 aliphatic heterocycles. The summed E-state index contributed by atoms with van der Waals surface area (Å²) in [5, 5.41) is 0.859. The first-order chi connectivity index (χ1) is 11.1. The highest BCUT2D eigenvalue weighted by Gasteiger charge is 2.40. The molecule has 1 aromatic heterocycles. The Kier molecular flexibility index (Phi) is 3.47. The van der Waals surface area contributed by atoms with Gasteiger partial charge in [0.05, 0.1) is 0 Å². The van der Waals surface area contributed by atoms with E-state index in [1.807, 2.05) is 13.0 Å². The summed E-state index contributed by atoms with van der Waals surface area (Å²) < 4.78 is 10.7. The van der Waals surface area contributed by atoms with E-state index in [-0.39, 0.29) is 11.6 Å². The van der Waals surface area contributed by atoms with Crippen molar-refractivity contribution in [2.75, 3.05) is 0 Å². The van der Waals surface area contributed by atoms with Crippen LogP contribution in [0.1, 0.15) is 37.7 Å². The molecule has 4 nitrogen and oxygen atoms in total. The average molecular weight is 312 g/mol. The molecule has 2 fully saturated rings. The SMILES string of the molecule is Cc1cc(=O)oc2cc(OC(=O)C[C@@H]3C[C@H]4CC[C@@H]3C4)ccc12. The number of ether oxygens (including phenoxy) is 1. The van der Waals surface area contributed by atoms with Gasteiger partial charge in [0.1, 0.15) is 11.3 Å². The monoisotopic (exact) mass is 312 g/mol. The van der Waals surface area contributed by atoms with Gasteiger partial charge in [0, 0.05) is 23.9 Å². The number of aryl methyl sites for hydroxylation is 1. The van der Waals surface area contributed by atoms with Gasteiger partial charge in [0.15, 0.2) is 0 Å². The topological polar surface area (TPSA) is 56.5 Å². The molecule has 23 heavy (non-hydrogen) atoms. The van der Waals surface area contributed by atoms with Crippen LogP contribution >= 0.6 is 0 Å². The third-order valence-electron chi connectivity index (χ3n) is 5.47. The minimum Gasteiger partial charge on any atom is -0.426 e. The van der Waals surface area contributed by atoms with E-state index in [2.05, 4.69) is 0 Å². The number of esters is 1. The molecule has 4 heteroatoms. The lowest BCUT2D eigenvalue weighted by Gasteiger charge is -2.20. The van der Waals surface area contributed by atoms with Crippen LogP contribution in [0.5, 0.6) is 5.75 Å². The van der Waals surface area contributed by atoms with Crippen molar-refractivity contribution in [1.29, 1.82) is 0 Å². The standard InChI is InChI=1S/C19H20O4/c1-11-6-18(20)23-17-10-15(4-5-16(11)17)22-19(21)9-14-8-12-2-3-13(14)7-12/h4-6,10,12-14H,2-3,7-9H2,1H3/t12-,13+,14-/m0/s1. The van der Waals surface area contributed by atoms with E-state index in [0.717, 1.165) is 16.9 Å². The Hall–Kier alpha value is -2.10. The number of rotatable bonds is 3. The summed E-state index contributed by atoms with van der Waals surface area (Å²) in [6.45, 7) is 1.86. The first-order valence-corrected chi connectivity index (χ1v) is 8.33. The Morgan fingerprint density at radius 3 is 2.87 bits per heavy atom. The fourth-order valence-electron chi connectivity index (χ4n) is 4.38. The third-order valence-corrected chi connectivity index (χ3v) is 5.47. The van der Waals surface area contributed by atoms with Crippen molar-refractivity contribution in [3.8, 4) is 5.75 Å². The summed E-state index contributed by atoms with van der Waals surface area (Å²) in [5.74, 6) is 2.29. The van der Waals surface area contributed by atoms with E-state index in [4.69, 9.17) is 9.15 Å². The molecule has 0 unspecified atom stereocenters. The molecular weight excluding hydrogens is 292 g/mol. The van der Waals surface area contributed by atoms with E-state index < -0.39 is 0 Å². The van der Waals surface area contributed by atoms with Crippen LogP contribution in [-0.4, -0.2) is 5.97 Å². The molecule has 120 valence electrons. The number of carbonyl (C=O) groups excluding carboxylic acids is 1. The second-order valence-electron chi connectivity index (χ2n) is 7.02. The molecule has 3 atom stereocenters. The van der Waals surface area contributed by atoms with Crippen molar-refractivity contribution in [2.24, 2.45) is 17.8 Å². The van der Waals surface area contributed by atoms with Crippen LogP contribution in [-0.2, 0) is 4.79 Å². The number of hydrogen-bond acceptors (Lipinski definition) is 4. The quantitative estimate of drug-likeness (QED) is 0.491. The molecule has 0 radical (unpaired) electrons. The Bertz CT molecular complexity index is 820. The summed E-state index contributed by atoms with van der Waals surface area (Å²) in [7, 11) is 0. The number of carbonyl (C=O) groups is 1. The molecule has 0 spiro atoms. The summed E-state index contributed by atoms with van der Waals surface area (Å²) in [6, 6.07) is 6.67. The first kappa shape index (κ1) is 14.5. The molecule has 0 saturated heterocycles. The summed E-state index contributed by atoms with van der Waals surface area (Å²) >= 11 is 0. The Morgan fingerprint density at radius 2 is 2.13 bits per heavy atom. The smallest absolute Gasteiger partial charge is 0.336 e. The van der Waals surface area contributed by atoms with Crippen molar-refractivity contribution in [1.82, 2.24) is 0 Å². The highest BCUT2D eigenvalue weighted by molar-refractivity contribution is 5.82. The predicted octanol–water partition coefficient (Wildman–Crippen LogP) is 3.83. The number of fused-ring (bicyclic) bond motifs is 3. The van der Waals surface area contributed by atoms with Crippen LogP contribution in [0.15, 0.2) is 33.5 Å². The largest absolute Gasteiger partial charge is 0.426 e. The Labute approximate surface area is 134 Å². The molecule has 2 aliphatic rings. The van der Waals surface area contributed by atoms with Crippen LogP contribution in [0.25, 0.3) is 11.0 Å². The van der Waals surface area contributed by atoms with E-state index in [1.54, 1.807) is 12.1 Å². The minimum absolute atomic E-state index is 0.183. The highest BCUT2D eigenvalue weighted by atomic mass is 16.5. The highest BCUT2D eigenvalue weighted by Crippen LogP contribution is 2.49. The molecule has 1 aromatic carbocycles. The van der Waals surface area contributed by atoms with E-state index >= 15 is 0 Å². The molecule has 2 saturated carbocycles. The normalized spacial score (nSPS) is 25.9. The van der Waals surface area contributed by atoms with Gasteiger partial charge in [0.2, 0.25) is 0 Å². The molecular formula is C19H20O4. The second kappa shape index (κ2) is 5.52. The molecule has 2 aliphatic carbocycles. The van der Waals surface area contributed by atoms with E-state index in [0.29, 0.717) is 29.6 Å². The van der Waals surface area contributed by atoms with Gasteiger partial charge < -0.3 is 9.15 Å². The molecule has 2 bridgehead atoms. The lowest BCUT2D eigenvalue weighted by Crippen LogP contribution is -2.18. The van der Waals surface area contributed by atoms with Gasteiger partial charge in [-0.05, 0) is 61.6 Å². The number of benzene rings is 1. The van der Waals surface area contributed by atoms with Crippen LogP contribution < -0.4 is 10.4 Å². The third kappa shape index (κ3) is 2.78. The van der Waals surface area contributed by atoms with Gasteiger partial charge in [-0.2, -0.15) is 0 Å². The molecule has 1 heterocycles. The zero-order valence-electron chi connectivity index (χ0n) is 13.2. The summed E-state index contributed by atoms with van der Waals surface area (Å²) in [5.41, 5.74) is 0.928. The molecule has 2 aromatic rings. The lowest BCUT2D eigenvalue weighted by molar-refractivity contribution is -0.135. The maximum Gasteiger partial charge on any atom is 0.336 e. The van der Waals surface area contributed by atoms with Crippen molar-refractivity contribution in [2.45, 2.75) is 39.0 Å². The Morgan fingerprint density at radius 1 is 1.26 bits per heavy atom. The number of hydrogen-bond donors (Lipinski definition) is 0. The van der Waals surface area contributed by atoms with Crippen LogP contribution in [0, 0.1) is 24.7 Å². The van der Waals surface area contributed by atoms with Gasteiger partial charge >= 0.3 is 11.6 Å². The van der Waals surface area contributed by atoms with Gasteiger partial charge in [-0.15, -0.1) is 0 Å². The first-order valence-electron chi connectivity index (χ1n) is 8.33. The van der Waals surface area contributed by atoms with Crippen LogP contribution in [0.4, 0.5) is 0 Å². The maximum atomic E-state index is 12.2. The van der Waals surface area contributed by atoms with E-state index in [1.165, 1.54) is 31.7 Å². The summed E-state index contributed by atoms with van der Waals surface area (Å²) in [6.07, 6.45) is 5.56. The van der Waals surface area contributed by atoms with Gasteiger partial charge in [-0.3, -0.25) is 4.79 Å². The fraction of sp³-hybridized carbons (Fsp3) is 0.474. The van der Waals surface area contributed by atoms with E-state index in [9.17, 15) is 9.59 Å². The summed E-state index contributed by atoms with van der Waals surface area (Å²) in [4.78, 5) is 23.7.